The second-order valence-corrected chi connectivity index (χ2v) is 3.49. The molecule has 6 heteroatoms. The summed E-state index contributed by atoms with van der Waals surface area (Å²) in [4.78, 5) is 25.5. The van der Waals surface area contributed by atoms with Gasteiger partial charge in [0.1, 0.15) is 12.4 Å². The number of ether oxygens (including phenoxy) is 1. The highest BCUT2D eigenvalue weighted by Gasteiger charge is 2.14. The van der Waals surface area contributed by atoms with Crippen LogP contribution in [0.1, 0.15) is 23.7 Å². The highest BCUT2D eigenvalue weighted by Crippen LogP contribution is 2.24. The summed E-state index contributed by atoms with van der Waals surface area (Å²) in [6, 6.07) is 0. The van der Waals surface area contributed by atoms with E-state index in [1.54, 1.807) is 6.92 Å². The molecule has 6 nitrogen and oxygen atoms in total. The van der Waals surface area contributed by atoms with Gasteiger partial charge in [-0.25, -0.2) is 4.79 Å². The third kappa shape index (κ3) is 3.01. The number of aryl methyl sites for hydroxylation is 1. The summed E-state index contributed by atoms with van der Waals surface area (Å²) < 4.78 is 4.68. The van der Waals surface area contributed by atoms with Crippen LogP contribution in [0.5, 0.6) is 5.75 Å². The van der Waals surface area contributed by atoms with Crippen LogP contribution in [0.4, 0.5) is 0 Å². The predicted octanol–water partition coefficient (Wildman–Crippen LogP) is 0.220. The molecule has 0 aliphatic heterocycles. The number of aromatic nitrogens is 1. The van der Waals surface area contributed by atoms with Crippen LogP contribution in [0, 0.1) is 6.92 Å². The van der Waals surface area contributed by atoms with Gasteiger partial charge in [-0.15, -0.1) is 0 Å². The normalized spacial score (nSPS) is 10.1. The van der Waals surface area contributed by atoms with Crippen LogP contribution in [0.3, 0.4) is 0 Å². The summed E-state index contributed by atoms with van der Waals surface area (Å²) in [5, 5.41) is 18.7. The largest absolute Gasteiger partial charge is 0.506 e. The lowest BCUT2D eigenvalue weighted by Gasteiger charge is -2.10. The monoisotopic (exact) mass is 239 g/mol. The van der Waals surface area contributed by atoms with Crippen LogP contribution in [0.15, 0.2) is 6.20 Å². The second kappa shape index (κ2) is 5.40. The molecule has 2 N–H and O–H groups in total. The molecule has 0 radical (unpaired) electrons. The van der Waals surface area contributed by atoms with Gasteiger partial charge in [0.2, 0.25) is 5.78 Å². The molecule has 1 aromatic heterocycles. The lowest BCUT2D eigenvalue weighted by molar-refractivity contribution is -0.153. The van der Waals surface area contributed by atoms with Crippen molar-refractivity contribution in [2.24, 2.45) is 0 Å². The molecule has 1 heterocycles. The first-order valence-corrected chi connectivity index (χ1v) is 4.92. The molecule has 0 spiro atoms. The van der Waals surface area contributed by atoms with Gasteiger partial charge >= 0.3 is 5.97 Å². The van der Waals surface area contributed by atoms with Gasteiger partial charge in [0, 0.05) is 24.2 Å². The number of rotatable bonds is 4. The molecule has 0 amide bonds. The number of carbonyl (C=O) groups is 2. The maximum absolute atomic E-state index is 11.0. The number of aliphatic hydroxyl groups is 1. The highest BCUT2D eigenvalue weighted by atomic mass is 16.5. The number of carbonyl (C=O) groups excluding carboxylic acids is 2. The van der Waals surface area contributed by atoms with E-state index in [-0.39, 0.29) is 17.9 Å². The second-order valence-electron chi connectivity index (χ2n) is 3.49. The molecular formula is C11H13NO5. The number of aromatic hydroxyl groups is 1. The Balaban J connectivity index is 2.88. The first-order valence-electron chi connectivity index (χ1n) is 4.92. The number of pyridine rings is 1. The predicted molar refractivity (Wildman–Crippen MR) is 57.0 cm³/mol. The van der Waals surface area contributed by atoms with Gasteiger partial charge in [-0.05, 0) is 6.92 Å². The fraction of sp³-hybridized carbons (Fsp3) is 0.364. The third-order valence-corrected chi connectivity index (χ3v) is 2.23. The van der Waals surface area contributed by atoms with E-state index in [0.29, 0.717) is 11.3 Å². The van der Waals surface area contributed by atoms with Gasteiger partial charge in [-0.2, -0.15) is 0 Å². The topological polar surface area (TPSA) is 96.7 Å². The highest BCUT2D eigenvalue weighted by molar-refractivity contribution is 6.32. The van der Waals surface area contributed by atoms with Gasteiger partial charge in [-0.1, -0.05) is 0 Å². The van der Waals surface area contributed by atoms with Crippen molar-refractivity contribution in [3.63, 3.8) is 0 Å². The van der Waals surface area contributed by atoms with E-state index in [1.165, 1.54) is 6.20 Å². The maximum Gasteiger partial charge on any atom is 0.374 e. The smallest absolute Gasteiger partial charge is 0.374 e. The van der Waals surface area contributed by atoms with E-state index in [9.17, 15) is 14.7 Å². The molecule has 17 heavy (non-hydrogen) atoms. The van der Waals surface area contributed by atoms with Gasteiger partial charge < -0.3 is 14.9 Å². The summed E-state index contributed by atoms with van der Waals surface area (Å²) >= 11 is 0. The minimum Gasteiger partial charge on any atom is -0.506 e. The van der Waals surface area contributed by atoms with E-state index >= 15 is 0 Å². The molecule has 0 fully saturated rings. The van der Waals surface area contributed by atoms with Gasteiger partial charge in [0.25, 0.3) is 0 Å². The van der Waals surface area contributed by atoms with Gasteiger partial charge in [0.05, 0.1) is 12.3 Å². The molecular weight excluding hydrogens is 226 g/mol. The van der Waals surface area contributed by atoms with Gasteiger partial charge in [-0.3, -0.25) is 9.78 Å². The quantitative estimate of drug-likeness (QED) is 0.576. The van der Waals surface area contributed by atoms with Crippen molar-refractivity contribution in [3.8, 4) is 5.75 Å². The lowest BCUT2D eigenvalue weighted by atomic mass is 10.1. The molecule has 1 rings (SSSR count). The summed E-state index contributed by atoms with van der Waals surface area (Å²) in [7, 11) is 0. The fourth-order valence-corrected chi connectivity index (χ4v) is 1.23. The molecule has 1 aromatic rings. The summed E-state index contributed by atoms with van der Waals surface area (Å²) in [5.74, 6) is -1.81. The minimum absolute atomic E-state index is 0.135. The van der Waals surface area contributed by atoms with E-state index in [2.05, 4.69) is 9.72 Å². The van der Waals surface area contributed by atoms with Crippen molar-refractivity contribution >= 4 is 11.8 Å². The van der Waals surface area contributed by atoms with Crippen LogP contribution in [0.2, 0.25) is 0 Å². The van der Waals surface area contributed by atoms with Crippen LogP contribution >= 0.6 is 0 Å². The number of ketones is 1. The molecule has 0 saturated heterocycles. The number of Topliss-reactive ketones (excluding diaryl/α,β-unsaturated/α-hetero) is 1. The molecule has 0 aliphatic rings. The Morgan fingerprint density at radius 2 is 2.12 bits per heavy atom. The molecule has 0 atom stereocenters. The van der Waals surface area contributed by atoms with Crippen molar-refractivity contribution in [2.45, 2.75) is 27.1 Å². The van der Waals surface area contributed by atoms with E-state index in [4.69, 9.17) is 5.11 Å². The zero-order valence-corrected chi connectivity index (χ0v) is 9.56. The Kier molecular flexibility index (Phi) is 4.17. The Morgan fingerprint density at radius 3 is 2.65 bits per heavy atom. The van der Waals surface area contributed by atoms with E-state index in [1.807, 2.05) is 0 Å². The maximum atomic E-state index is 11.0. The third-order valence-electron chi connectivity index (χ3n) is 2.23. The lowest BCUT2D eigenvalue weighted by Crippen LogP contribution is -2.14. The van der Waals surface area contributed by atoms with Crippen molar-refractivity contribution in [2.75, 3.05) is 0 Å². The Morgan fingerprint density at radius 1 is 1.47 bits per heavy atom. The number of esters is 1. The Bertz CT molecular complexity index is 455. The number of aliphatic hydroxyl groups excluding tert-OH is 1. The molecule has 0 saturated carbocycles. The number of hydrogen-bond donors (Lipinski definition) is 2. The molecule has 0 bridgehead atoms. The Hall–Kier alpha value is -1.95. The van der Waals surface area contributed by atoms with Crippen LogP contribution in [-0.4, -0.2) is 26.9 Å². The molecule has 0 unspecified atom stereocenters. The zero-order chi connectivity index (χ0) is 13.0. The standard InChI is InChI=1S/C11H13NO5/c1-6-10(15)9(4-13)8(3-12-6)5-17-11(16)7(2)14/h3,13,15H,4-5H2,1-2H3. The number of nitrogens with zero attached hydrogens (tertiary/aromatic N) is 1. The van der Waals surface area contributed by atoms with Gasteiger partial charge in [0.15, 0.2) is 0 Å². The van der Waals surface area contributed by atoms with Crippen molar-refractivity contribution < 1.29 is 24.5 Å². The van der Waals surface area contributed by atoms with Crippen molar-refractivity contribution in [1.29, 1.82) is 0 Å². The average Bonchev–Trinajstić information content (AvgIpc) is 2.30. The average molecular weight is 239 g/mol. The summed E-state index contributed by atoms with van der Waals surface area (Å²) in [6.07, 6.45) is 1.38. The summed E-state index contributed by atoms with van der Waals surface area (Å²) in [5.41, 5.74) is 0.981. The minimum atomic E-state index is -0.964. The zero-order valence-electron chi connectivity index (χ0n) is 9.56. The number of hydrogen-bond acceptors (Lipinski definition) is 6. The van der Waals surface area contributed by atoms with Crippen molar-refractivity contribution in [3.05, 3.63) is 23.0 Å². The van der Waals surface area contributed by atoms with Crippen LogP contribution in [-0.2, 0) is 27.5 Å². The molecule has 92 valence electrons. The Labute approximate surface area is 97.9 Å². The van der Waals surface area contributed by atoms with E-state index in [0.717, 1.165) is 6.92 Å². The van der Waals surface area contributed by atoms with Crippen LogP contribution < -0.4 is 0 Å². The van der Waals surface area contributed by atoms with Crippen LogP contribution in [0.25, 0.3) is 0 Å². The van der Waals surface area contributed by atoms with Crippen molar-refractivity contribution in [1.82, 2.24) is 4.98 Å². The first-order chi connectivity index (χ1) is 7.97. The first kappa shape index (κ1) is 13.1. The SMILES string of the molecule is CC(=O)C(=O)OCc1cnc(C)c(O)c1CO. The molecule has 0 aromatic carbocycles. The molecule has 0 aliphatic carbocycles. The summed E-state index contributed by atoms with van der Waals surface area (Å²) in [6.45, 7) is 2.07. The fourth-order valence-electron chi connectivity index (χ4n) is 1.23. The van der Waals surface area contributed by atoms with E-state index < -0.39 is 18.4 Å².